The van der Waals surface area contributed by atoms with Crippen LogP contribution in [0.1, 0.15) is 38.7 Å². The van der Waals surface area contributed by atoms with Crippen molar-refractivity contribution in [1.29, 1.82) is 5.26 Å². The molecule has 0 N–H and O–H groups in total. The van der Waals surface area contributed by atoms with E-state index in [0.717, 1.165) is 19.3 Å². The lowest BCUT2D eigenvalue weighted by Gasteiger charge is -2.13. The molecule has 1 rings (SSSR count). The first kappa shape index (κ1) is 14.4. The van der Waals surface area contributed by atoms with E-state index in [1.807, 2.05) is 37.3 Å². The molecule has 0 radical (unpaired) electrons. The van der Waals surface area contributed by atoms with E-state index in [1.54, 1.807) is 0 Å². The number of benzene rings is 1. The minimum Gasteiger partial charge on any atom is -0.298 e. The topological polar surface area (TPSA) is 40.9 Å². The Morgan fingerprint density at radius 3 is 2.50 bits per heavy atom. The lowest BCUT2D eigenvalue weighted by atomic mass is 9.88. The molecule has 2 unspecified atom stereocenters. The average molecular weight is 243 g/mol. The number of nitriles is 1. The zero-order valence-electron chi connectivity index (χ0n) is 11.2. The highest BCUT2D eigenvalue weighted by molar-refractivity contribution is 5.85. The van der Waals surface area contributed by atoms with Gasteiger partial charge in [0.05, 0.1) is 6.07 Å². The quantitative estimate of drug-likeness (QED) is 0.731. The van der Waals surface area contributed by atoms with Crippen molar-refractivity contribution in [2.24, 2.45) is 11.8 Å². The maximum Gasteiger partial charge on any atom is 0.152 e. The Bertz CT molecular complexity index is 405. The number of Topliss-reactive ketones (excluding diaryl/α,β-unsaturated/α-hetero) is 1. The summed E-state index contributed by atoms with van der Waals surface area (Å²) in [6.45, 7) is 3.99. The highest BCUT2D eigenvalue weighted by Gasteiger charge is 2.22. The number of aryl methyl sites for hydroxylation is 1. The van der Waals surface area contributed by atoms with Crippen molar-refractivity contribution in [2.75, 3.05) is 0 Å². The molecule has 18 heavy (non-hydrogen) atoms. The second kappa shape index (κ2) is 7.66. The van der Waals surface area contributed by atoms with Gasteiger partial charge in [-0.3, -0.25) is 4.79 Å². The normalized spacial score (nSPS) is 13.6. The van der Waals surface area contributed by atoms with Gasteiger partial charge in [0, 0.05) is 5.92 Å². The minimum atomic E-state index is -0.452. The molecule has 0 heterocycles. The maximum absolute atomic E-state index is 12.1. The van der Waals surface area contributed by atoms with Crippen molar-refractivity contribution in [1.82, 2.24) is 0 Å². The predicted molar refractivity (Wildman–Crippen MR) is 72.9 cm³/mol. The van der Waals surface area contributed by atoms with Gasteiger partial charge in [0.15, 0.2) is 5.78 Å². The third-order valence-corrected chi connectivity index (χ3v) is 3.27. The Balaban J connectivity index is 2.53. The van der Waals surface area contributed by atoms with E-state index in [1.165, 1.54) is 5.56 Å². The number of hydrogen-bond donors (Lipinski definition) is 0. The van der Waals surface area contributed by atoms with Gasteiger partial charge >= 0.3 is 0 Å². The van der Waals surface area contributed by atoms with E-state index in [0.29, 0.717) is 6.42 Å². The minimum absolute atomic E-state index is 0.00965. The predicted octanol–water partition coefficient (Wildman–Crippen LogP) is 3.76. The summed E-state index contributed by atoms with van der Waals surface area (Å²) in [5.74, 6) is -0.336. The summed E-state index contributed by atoms with van der Waals surface area (Å²) in [5, 5.41) is 9.12. The molecule has 0 saturated carbocycles. The molecular formula is C16H21NO. The van der Waals surface area contributed by atoms with Gasteiger partial charge in [-0.25, -0.2) is 0 Å². The van der Waals surface area contributed by atoms with Crippen LogP contribution in [0.15, 0.2) is 30.3 Å². The molecule has 96 valence electrons. The first-order chi connectivity index (χ1) is 8.69. The molecule has 0 bridgehead atoms. The van der Waals surface area contributed by atoms with E-state index in [2.05, 4.69) is 13.0 Å². The molecule has 2 heteroatoms. The number of ketones is 1. The standard InChI is InChI=1S/C16H21NO/c1-3-7-13(2)16(18)15(12-17)11-10-14-8-5-4-6-9-14/h4-6,8-9,13,15H,3,7,10-11H2,1-2H3. The van der Waals surface area contributed by atoms with Crippen LogP contribution in [-0.2, 0) is 11.2 Å². The first-order valence-corrected chi connectivity index (χ1v) is 6.66. The average Bonchev–Trinajstić information content (AvgIpc) is 2.40. The summed E-state index contributed by atoms with van der Waals surface area (Å²) in [6, 6.07) is 12.2. The molecule has 0 aliphatic carbocycles. The van der Waals surface area contributed by atoms with E-state index in [-0.39, 0.29) is 11.7 Å². The largest absolute Gasteiger partial charge is 0.298 e. The van der Waals surface area contributed by atoms with Gasteiger partial charge in [-0.05, 0) is 24.8 Å². The molecule has 0 amide bonds. The number of carbonyl (C=O) groups excluding carboxylic acids is 1. The summed E-state index contributed by atoms with van der Waals surface area (Å²) in [7, 11) is 0. The highest BCUT2D eigenvalue weighted by Crippen LogP contribution is 2.17. The Morgan fingerprint density at radius 1 is 1.28 bits per heavy atom. The van der Waals surface area contributed by atoms with Crippen LogP contribution in [-0.4, -0.2) is 5.78 Å². The van der Waals surface area contributed by atoms with Crippen LogP contribution in [0.3, 0.4) is 0 Å². The third kappa shape index (κ3) is 4.33. The molecule has 2 atom stereocenters. The lowest BCUT2D eigenvalue weighted by molar-refractivity contribution is -0.125. The SMILES string of the molecule is CCCC(C)C(=O)C(C#N)CCc1ccccc1. The van der Waals surface area contributed by atoms with Crippen molar-refractivity contribution in [3.8, 4) is 6.07 Å². The monoisotopic (exact) mass is 243 g/mol. The fraction of sp³-hybridized carbons (Fsp3) is 0.500. The van der Waals surface area contributed by atoms with Crippen LogP contribution in [0.2, 0.25) is 0 Å². The Morgan fingerprint density at radius 2 is 1.94 bits per heavy atom. The molecule has 0 spiro atoms. The van der Waals surface area contributed by atoms with Crippen molar-refractivity contribution in [3.63, 3.8) is 0 Å². The number of rotatable bonds is 7. The van der Waals surface area contributed by atoms with Crippen LogP contribution in [0.5, 0.6) is 0 Å². The van der Waals surface area contributed by atoms with Gasteiger partial charge in [-0.1, -0.05) is 50.6 Å². The second-order valence-corrected chi connectivity index (χ2v) is 4.80. The van der Waals surface area contributed by atoms with E-state index in [4.69, 9.17) is 5.26 Å². The summed E-state index contributed by atoms with van der Waals surface area (Å²) in [4.78, 5) is 12.1. The van der Waals surface area contributed by atoms with E-state index in [9.17, 15) is 4.79 Å². The fourth-order valence-corrected chi connectivity index (χ4v) is 2.14. The van der Waals surface area contributed by atoms with Crippen molar-refractivity contribution < 1.29 is 4.79 Å². The molecule has 0 aliphatic rings. The van der Waals surface area contributed by atoms with Crippen molar-refractivity contribution >= 4 is 5.78 Å². The van der Waals surface area contributed by atoms with Crippen LogP contribution >= 0.6 is 0 Å². The zero-order valence-corrected chi connectivity index (χ0v) is 11.2. The van der Waals surface area contributed by atoms with Gasteiger partial charge in [0.1, 0.15) is 5.92 Å². The van der Waals surface area contributed by atoms with Crippen LogP contribution in [0.25, 0.3) is 0 Å². The molecule has 1 aromatic carbocycles. The third-order valence-electron chi connectivity index (χ3n) is 3.27. The summed E-state index contributed by atoms with van der Waals surface area (Å²) in [6.07, 6.45) is 3.29. The summed E-state index contributed by atoms with van der Waals surface area (Å²) in [5.41, 5.74) is 1.19. The van der Waals surface area contributed by atoms with Gasteiger partial charge in [-0.2, -0.15) is 5.26 Å². The van der Waals surface area contributed by atoms with E-state index < -0.39 is 5.92 Å². The van der Waals surface area contributed by atoms with Crippen LogP contribution < -0.4 is 0 Å². The van der Waals surface area contributed by atoms with Gasteiger partial charge < -0.3 is 0 Å². The molecule has 0 aliphatic heterocycles. The summed E-state index contributed by atoms with van der Waals surface area (Å²) < 4.78 is 0. The number of nitrogens with zero attached hydrogens (tertiary/aromatic N) is 1. The summed E-state index contributed by atoms with van der Waals surface area (Å²) >= 11 is 0. The van der Waals surface area contributed by atoms with Crippen LogP contribution in [0.4, 0.5) is 0 Å². The molecule has 0 saturated heterocycles. The zero-order chi connectivity index (χ0) is 13.4. The van der Waals surface area contributed by atoms with Gasteiger partial charge in [0.25, 0.3) is 0 Å². The maximum atomic E-state index is 12.1. The molecule has 1 aromatic rings. The molecule has 0 fully saturated rings. The first-order valence-electron chi connectivity index (χ1n) is 6.66. The highest BCUT2D eigenvalue weighted by atomic mass is 16.1. The van der Waals surface area contributed by atoms with Gasteiger partial charge in [0.2, 0.25) is 0 Å². The van der Waals surface area contributed by atoms with Crippen molar-refractivity contribution in [2.45, 2.75) is 39.5 Å². The number of hydrogen-bond acceptors (Lipinski definition) is 2. The molecule has 2 nitrogen and oxygen atoms in total. The smallest absolute Gasteiger partial charge is 0.152 e. The number of carbonyl (C=O) groups is 1. The van der Waals surface area contributed by atoms with Gasteiger partial charge in [-0.15, -0.1) is 0 Å². The van der Waals surface area contributed by atoms with Crippen LogP contribution in [0, 0.1) is 23.2 Å². The fourth-order valence-electron chi connectivity index (χ4n) is 2.14. The Labute approximate surface area is 110 Å². The van der Waals surface area contributed by atoms with Crippen molar-refractivity contribution in [3.05, 3.63) is 35.9 Å². The second-order valence-electron chi connectivity index (χ2n) is 4.80. The molecule has 0 aromatic heterocycles. The lowest BCUT2D eigenvalue weighted by Crippen LogP contribution is -2.21. The molecular weight excluding hydrogens is 222 g/mol. The van der Waals surface area contributed by atoms with E-state index >= 15 is 0 Å². The Kier molecular flexibility index (Phi) is 6.14. The Hall–Kier alpha value is -1.62.